The van der Waals surface area contributed by atoms with Gasteiger partial charge >= 0.3 is 0 Å². The molecule has 8 heteroatoms. The molecule has 0 atom stereocenters. The largest absolute Gasteiger partial charge is 0.457 e. The first-order chi connectivity index (χ1) is 13.8. The van der Waals surface area contributed by atoms with Crippen molar-refractivity contribution >= 4 is 33.0 Å². The molecule has 1 saturated carbocycles. The second-order valence-electron chi connectivity index (χ2n) is 6.91. The Morgan fingerprint density at radius 1 is 1.14 bits per heavy atom. The van der Waals surface area contributed by atoms with Crippen LogP contribution >= 0.6 is 11.3 Å². The van der Waals surface area contributed by atoms with Crippen LogP contribution in [-0.4, -0.2) is 24.6 Å². The number of hydrogen-bond donors (Lipinski definition) is 1. The van der Waals surface area contributed by atoms with Crippen molar-refractivity contribution in [2.24, 2.45) is 0 Å². The Hall–Kier alpha value is -3.26. The Bertz CT molecular complexity index is 1270. The number of fused-ring (bicyclic) bond motifs is 2. The minimum atomic E-state index is 0.517. The van der Waals surface area contributed by atoms with E-state index in [9.17, 15) is 0 Å². The van der Waals surface area contributed by atoms with Crippen LogP contribution in [0.25, 0.3) is 26.6 Å². The fourth-order valence-corrected chi connectivity index (χ4v) is 4.25. The number of hydrogen-bond acceptors (Lipinski definition) is 7. The van der Waals surface area contributed by atoms with Crippen molar-refractivity contribution in [3.8, 4) is 10.8 Å². The lowest BCUT2D eigenvalue weighted by Gasteiger charge is -2.05. The number of aromatic nitrogens is 5. The van der Waals surface area contributed by atoms with E-state index in [0.717, 1.165) is 38.2 Å². The molecule has 6 rings (SSSR count). The zero-order chi connectivity index (χ0) is 18.5. The van der Waals surface area contributed by atoms with E-state index in [1.807, 2.05) is 40.9 Å². The molecule has 4 aromatic heterocycles. The summed E-state index contributed by atoms with van der Waals surface area (Å²) in [5, 5.41) is 12.9. The number of nitrogens with one attached hydrogen (secondary N) is 1. The first kappa shape index (κ1) is 15.8. The van der Waals surface area contributed by atoms with Gasteiger partial charge in [0.2, 0.25) is 5.65 Å². The van der Waals surface area contributed by atoms with Crippen molar-refractivity contribution in [3.63, 3.8) is 0 Å². The lowest BCUT2D eigenvalue weighted by Crippen LogP contribution is -2.03. The third-order valence-corrected chi connectivity index (χ3v) is 5.94. The van der Waals surface area contributed by atoms with Crippen molar-refractivity contribution in [1.82, 2.24) is 24.6 Å². The van der Waals surface area contributed by atoms with Crippen LogP contribution in [0, 0.1) is 0 Å². The van der Waals surface area contributed by atoms with Crippen LogP contribution in [0.15, 0.2) is 53.2 Å². The lowest BCUT2D eigenvalue weighted by molar-refractivity contribution is 0.531. The minimum absolute atomic E-state index is 0.517. The van der Waals surface area contributed by atoms with Gasteiger partial charge in [0, 0.05) is 18.3 Å². The van der Waals surface area contributed by atoms with E-state index in [2.05, 4.69) is 31.5 Å². The quantitative estimate of drug-likeness (QED) is 0.478. The van der Waals surface area contributed by atoms with E-state index in [0.29, 0.717) is 18.3 Å². The van der Waals surface area contributed by atoms with E-state index in [1.165, 1.54) is 12.8 Å². The Morgan fingerprint density at radius 2 is 2.07 bits per heavy atom. The van der Waals surface area contributed by atoms with Crippen LogP contribution in [0.3, 0.4) is 0 Å². The van der Waals surface area contributed by atoms with Crippen LogP contribution < -0.4 is 5.32 Å². The molecule has 138 valence electrons. The fourth-order valence-electron chi connectivity index (χ4n) is 3.33. The zero-order valence-corrected chi connectivity index (χ0v) is 15.7. The summed E-state index contributed by atoms with van der Waals surface area (Å²) in [5.41, 5.74) is 1.75. The molecule has 1 aromatic carbocycles. The Kier molecular flexibility index (Phi) is 3.45. The van der Waals surface area contributed by atoms with Crippen molar-refractivity contribution in [2.75, 3.05) is 5.32 Å². The molecule has 0 unspecified atom stereocenters. The number of para-hydroxylation sites is 1. The van der Waals surface area contributed by atoms with Crippen molar-refractivity contribution < 1.29 is 4.42 Å². The molecule has 1 aliphatic rings. The van der Waals surface area contributed by atoms with Crippen LogP contribution in [0.2, 0.25) is 0 Å². The van der Waals surface area contributed by atoms with Crippen LogP contribution in [0.5, 0.6) is 0 Å². The van der Waals surface area contributed by atoms with Gasteiger partial charge in [-0.25, -0.2) is 9.97 Å². The molecule has 1 fully saturated rings. The highest BCUT2D eigenvalue weighted by Crippen LogP contribution is 2.39. The van der Waals surface area contributed by atoms with Gasteiger partial charge in [-0.1, -0.05) is 12.1 Å². The van der Waals surface area contributed by atoms with Crippen LogP contribution in [-0.2, 0) is 6.54 Å². The summed E-state index contributed by atoms with van der Waals surface area (Å²) in [6.07, 6.45) is 6.07. The highest BCUT2D eigenvalue weighted by Gasteiger charge is 2.29. The molecule has 5 aromatic rings. The molecule has 0 saturated heterocycles. The van der Waals surface area contributed by atoms with Gasteiger partial charge in [0.15, 0.2) is 16.6 Å². The molecular weight excluding hydrogens is 372 g/mol. The number of benzene rings is 1. The zero-order valence-electron chi connectivity index (χ0n) is 14.9. The van der Waals surface area contributed by atoms with Gasteiger partial charge in [-0.05, 0) is 37.1 Å². The first-order valence-electron chi connectivity index (χ1n) is 9.23. The second kappa shape index (κ2) is 6.13. The number of thiazole rings is 1. The molecule has 1 aliphatic carbocycles. The van der Waals surface area contributed by atoms with E-state index in [1.54, 1.807) is 17.5 Å². The highest BCUT2D eigenvalue weighted by atomic mass is 32.1. The summed E-state index contributed by atoms with van der Waals surface area (Å²) in [7, 11) is 0. The molecule has 7 nitrogen and oxygen atoms in total. The smallest absolute Gasteiger partial charge is 0.203 e. The molecule has 4 heterocycles. The minimum Gasteiger partial charge on any atom is -0.457 e. The predicted octanol–water partition coefficient (Wildman–Crippen LogP) is 4.48. The predicted molar refractivity (Wildman–Crippen MR) is 107 cm³/mol. The van der Waals surface area contributed by atoms with Crippen molar-refractivity contribution in [1.29, 1.82) is 0 Å². The van der Waals surface area contributed by atoms with Crippen LogP contribution in [0.4, 0.5) is 5.82 Å². The van der Waals surface area contributed by atoms with E-state index < -0.39 is 0 Å². The number of nitrogens with zero attached hydrogens (tertiary/aromatic N) is 5. The van der Waals surface area contributed by atoms with Crippen molar-refractivity contribution in [2.45, 2.75) is 25.3 Å². The topological polar surface area (TPSA) is 81.1 Å². The maximum absolute atomic E-state index is 6.00. The molecule has 0 radical (unpaired) electrons. The molecule has 1 N–H and O–H groups in total. The molecule has 0 spiro atoms. The van der Waals surface area contributed by atoms with Crippen molar-refractivity contribution in [3.05, 3.63) is 60.4 Å². The third kappa shape index (κ3) is 2.65. The lowest BCUT2D eigenvalue weighted by atomic mass is 10.3. The third-order valence-electron chi connectivity index (χ3n) is 4.89. The van der Waals surface area contributed by atoms with Gasteiger partial charge in [0.05, 0.1) is 16.8 Å². The van der Waals surface area contributed by atoms with Gasteiger partial charge < -0.3 is 9.73 Å². The summed E-state index contributed by atoms with van der Waals surface area (Å²) in [6, 6.07) is 12.0. The maximum atomic E-state index is 6.00. The fraction of sp³-hybridized carbons (Fsp3) is 0.200. The second-order valence-corrected chi connectivity index (χ2v) is 7.94. The van der Waals surface area contributed by atoms with Gasteiger partial charge in [-0.15, -0.1) is 21.5 Å². The highest BCUT2D eigenvalue weighted by molar-refractivity contribution is 7.21. The van der Waals surface area contributed by atoms with Crippen LogP contribution in [0.1, 0.15) is 30.3 Å². The molecule has 0 amide bonds. The maximum Gasteiger partial charge on any atom is 0.203 e. The van der Waals surface area contributed by atoms with Gasteiger partial charge in [0.25, 0.3) is 0 Å². The number of anilines is 1. The number of furan rings is 1. The van der Waals surface area contributed by atoms with Gasteiger partial charge in [-0.3, -0.25) is 4.40 Å². The standard InChI is InChI=1S/C20H16N6OS/c1-2-4-16-14(3-1)23-20(28-16)15-8-7-13(27-15)11-22-17-19-25-24-18(12-5-6-12)26(19)10-9-21-17/h1-4,7-10,12H,5-6,11H2,(H,21,22). The molecule has 0 aliphatic heterocycles. The van der Waals surface area contributed by atoms with Gasteiger partial charge in [0.1, 0.15) is 11.6 Å². The Morgan fingerprint density at radius 3 is 2.96 bits per heavy atom. The van der Waals surface area contributed by atoms with E-state index in [-0.39, 0.29) is 0 Å². The normalized spacial score (nSPS) is 14.1. The monoisotopic (exact) mass is 388 g/mol. The van der Waals surface area contributed by atoms with E-state index >= 15 is 0 Å². The summed E-state index contributed by atoms with van der Waals surface area (Å²) in [6.45, 7) is 0.517. The summed E-state index contributed by atoms with van der Waals surface area (Å²) in [5.74, 6) is 3.87. The first-order valence-corrected chi connectivity index (χ1v) is 10.0. The summed E-state index contributed by atoms with van der Waals surface area (Å²) >= 11 is 1.63. The molecular formula is C20H16N6OS. The van der Waals surface area contributed by atoms with E-state index in [4.69, 9.17) is 4.42 Å². The summed E-state index contributed by atoms with van der Waals surface area (Å²) in [4.78, 5) is 9.07. The molecule has 0 bridgehead atoms. The Labute approximate surface area is 164 Å². The average Bonchev–Trinajstić information content (AvgIpc) is 3.15. The number of rotatable bonds is 5. The summed E-state index contributed by atoms with van der Waals surface area (Å²) < 4.78 is 9.19. The molecule has 28 heavy (non-hydrogen) atoms. The Balaban J connectivity index is 1.24. The average molecular weight is 388 g/mol. The van der Waals surface area contributed by atoms with Gasteiger partial charge in [-0.2, -0.15) is 0 Å². The SMILES string of the molecule is c1ccc2sc(-c3ccc(CNc4nccn5c(C6CC6)nnc45)o3)nc2c1.